The molecule has 1 aromatic heterocycles. The molecule has 1 atom stereocenters. The van der Waals surface area contributed by atoms with Gasteiger partial charge in [-0.25, -0.2) is 9.97 Å². The highest BCUT2D eigenvalue weighted by Crippen LogP contribution is 2.35. The maximum Gasteiger partial charge on any atom is 0.223 e. The third kappa shape index (κ3) is 3.10. The lowest BCUT2D eigenvalue weighted by Gasteiger charge is -2.18. The largest absolute Gasteiger partial charge is 0.493 e. The Labute approximate surface area is 129 Å². The van der Waals surface area contributed by atoms with Crippen LogP contribution in [0.3, 0.4) is 0 Å². The number of rotatable bonds is 2. The van der Waals surface area contributed by atoms with Gasteiger partial charge in [-0.2, -0.15) is 0 Å². The van der Waals surface area contributed by atoms with Gasteiger partial charge in [0.15, 0.2) is 0 Å². The van der Waals surface area contributed by atoms with E-state index in [2.05, 4.69) is 15.3 Å². The van der Waals surface area contributed by atoms with E-state index in [1.165, 1.54) is 0 Å². The van der Waals surface area contributed by atoms with Gasteiger partial charge in [0, 0.05) is 22.5 Å². The lowest BCUT2D eigenvalue weighted by molar-refractivity contribution is 0.316. The molecule has 1 aliphatic heterocycles. The fourth-order valence-electron chi connectivity index (χ4n) is 2.45. The monoisotopic (exact) mass is 303 g/mol. The molecular weight excluding hydrogens is 286 g/mol. The van der Waals surface area contributed by atoms with Crippen molar-refractivity contribution in [2.75, 3.05) is 11.9 Å². The molecule has 1 unspecified atom stereocenters. The Hall–Kier alpha value is -1.81. The van der Waals surface area contributed by atoms with Gasteiger partial charge in [-0.15, -0.1) is 0 Å². The summed E-state index contributed by atoms with van der Waals surface area (Å²) in [5.74, 6) is 1.51. The summed E-state index contributed by atoms with van der Waals surface area (Å²) in [6.07, 6.45) is 3.81. The Morgan fingerprint density at radius 3 is 3.00 bits per heavy atom. The number of halogens is 1. The van der Waals surface area contributed by atoms with Crippen LogP contribution in [0.25, 0.3) is 0 Å². The average Bonchev–Trinajstić information content (AvgIpc) is 2.65. The number of fused-ring (bicyclic) bond motifs is 1. The second kappa shape index (κ2) is 5.90. The molecule has 2 heterocycles. The predicted octanol–water partition coefficient (Wildman–Crippen LogP) is 4.07. The van der Waals surface area contributed by atoms with Crippen LogP contribution in [-0.2, 0) is 0 Å². The van der Waals surface area contributed by atoms with Crippen molar-refractivity contribution in [3.05, 3.63) is 46.2 Å². The molecule has 4 nitrogen and oxygen atoms in total. The van der Waals surface area contributed by atoms with E-state index in [1.54, 1.807) is 0 Å². The zero-order valence-electron chi connectivity index (χ0n) is 12.2. The number of aryl methyl sites for hydroxylation is 2. The topological polar surface area (TPSA) is 47.0 Å². The number of aromatic nitrogens is 2. The molecule has 1 aromatic carbocycles. The Morgan fingerprint density at radius 2 is 2.19 bits per heavy atom. The van der Waals surface area contributed by atoms with Crippen molar-refractivity contribution in [3.63, 3.8) is 0 Å². The van der Waals surface area contributed by atoms with Crippen LogP contribution in [0.2, 0.25) is 5.02 Å². The summed E-state index contributed by atoms with van der Waals surface area (Å²) >= 11 is 6.05. The van der Waals surface area contributed by atoms with Gasteiger partial charge in [0.2, 0.25) is 5.95 Å². The van der Waals surface area contributed by atoms with Gasteiger partial charge in [-0.3, -0.25) is 0 Å². The molecule has 1 N–H and O–H groups in total. The van der Waals surface area contributed by atoms with Gasteiger partial charge < -0.3 is 10.1 Å². The van der Waals surface area contributed by atoms with Gasteiger partial charge >= 0.3 is 0 Å². The van der Waals surface area contributed by atoms with E-state index in [1.807, 2.05) is 38.2 Å². The molecule has 2 aromatic rings. The minimum absolute atomic E-state index is 0.141. The first-order valence-corrected chi connectivity index (χ1v) is 7.50. The summed E-state index contributed by atoms with van der Waals surface area (Å²) in [6, 6.07) is 5.92. The Balaban J connectivity index is 1.90. The molecule has 21 heavy (non-hydrogen) atoms. The average molecular weight is 304 g/mol. The maximum atomic E-state index is 6.05. The number of nitrogens with one attached hydrogen (secondary N) is 1. The molecule has 0 spiro atoms. The van der Waals surface area contributed by atoms with E-state index in [0.717, 1.165) is 35.4 Å². The van der Waals surface area contributed by atoms with Crippen molar-refractivity contribution in [2.45, 2.75) is 32.7 Å². The quantitative estimate of drug-likeness (QED) is 0.908. The van der Waals surface area contributed by atoms with Gasteiger partial charge in [0.25, 0.3) is 0 Å². The van der Waals surface area contributed by atoms with Crippen LogP contribution in [0.4, 0.5) is 5.95 Å². The van der Waals surface area contributed by atoms with Crippen molar-refractivity contribution in [3.8, 4) is 5.75 Å². The third-order valence-corrected chi connectivity index (χ3v) is 4.01. The summed E-state index contributed by atoms with van der Waals surface area (Å²) in [5.41, 5.74) is 3.20. The van der Waals surface area contributed by atoms with Gasteiger partial charge in [0.05, 0.1) is 12.6 Å². The van der Waals surface area contributed by atoms with Crippen molar-refractivity contribution < 1.29 is 4.74 Å². The number of hydrogen-bond donors (Lipinski definition) is 1. The number of anilines is 1. The first kappa shape index (κ1) is 14.1. The third-order valence-electron chi connectivity index (χ3n) is 3.77. The van der Waals surface area contributed by atoms with E-state index in [-0.39, 0.29) is 6.04 Å². The fraction of sp³-hybridized carbons (Fsp3) is 0.375. The SMILES string of the molecule is Cc1cnc(NC2CCCOc3cc(Cl)ccc32)nc1C. The Kier molecular flexibility index (Phi) is 3.97. The van der Waals surface area contributed by atoms with E-state index >= 15 is 0 Å². The standard InChI is InChI=1S/C16H18ClN3O/c1-10-9-18-16(19-11(10)2)20-14-4-3-7-21-15-8-12(17)5-6-13(14)15/h5-6,8-9,14H,3-4,7H2,1-2H3,(H,18,19,20). The predicted molar refractivity (Wildman–Crippen MR) is 84.1 cm³/mol. The second-order valence-electron chi connectivity index (χ2n) is 5.33. The minimum Gasteiger partial charge on any atom is -0.493 e. The zero-order valence-corrected chi connectivity index (χ0v) is 12.9. The van der Waals surface area contributed by atoms with Crippen molar-refractivity contribution in [2.24, 2.45) is 0 Å². The number of nitrogens with zero attached hydrogens (tertiary/aromatic N) is 2. The minimum atomic E-state index is 0.141. The van der Waals surface area contributed by atoms with Crippen LogP contribution in [0.1, 0.15) is 35.7 Å². The molecule has 0 fully saturated rings. The lowest BCUT2D eigenvalue weighted by Crippen LogP contribution is -2.13. The lowest BCUT2D eigenvalue weighted by atomic mass is 10.0. The summed E-state index contributed by atoms with van der Waals surface area (Å²) in [7, 11) is 0. The molecule has 3 rings (SSSR count). The van der Waals surface area contributed by atoms with E-state index in [9.17, 15) is 0 Å². The summed E-state index contributed by atoms with van der Waals surface area (Å²) in [5, 5.41) is 4.11. The molecule has 0 saturated carbocycles. The molecule has 0 radical (unpaired) electrons. The molecule has 0 bridgehead atoms. The Bertz CT molecular complexity index is 660. The molecular formula is C16H18ClN3O. The van der Waals surface area contributed by atoms with Crippen molar-refractivity contribution in [1.82, 2.24) is 9.97 Å². The van der Waals surface area contributed by atoms with Crippen LogP contribution in [0, 0.1) is 13.8 Å². The molecule has 1 aliphatic rings. The zero-order chi connectivity index (χ0) is 14.8. The Morgan fingerprint density at radius 1 is 1.33 bits per heavy atom. The normalized spacial score (nSPS) is 17.6. The van der Waals surface area contributed by atoms with E-state index < -0.39 is 0 Å². The van der Waals surface area contributed by atoms with Crippen LogP contribution < -0.4 is 10.1 Å². The molecule has 0 amide bonds. The van der Waals surface area contributed by atoms with Gasteiger partial charge in [-0.05, 0) is 44.4 Å². The first-order chi connectivity index (χ1) is 10.1. The van der Waals surface area contributed by atoms with Gasteiger partial charge in [0.1, 0.15) is 5.75 Å². The van der Waals surface area contributed by atoms with Gasteiger partial charge in [-0.1, -0.05) is 17.7 Å². The number of ether oxygens (including phenoxy) is 1. The summed E-state index contributed by atoms with van der Waals surface area (Å²) < 4.78 is 5.77. The highest BCUT2D eigenvalue weighted by Gasteiger charge is 2.20. The van der Waals surface area contributed by atoms with Crippen molar-refractivity contribution >= 4 is 17.5 Å². The number of benzene rings is 1. The maximum absolute atomic E-state index is 6.05. The molecule has 110 valence electrons. The number of hydrogen-bond acceptors (Lipinski definition) is 4. The van der Waals surface area contributed by atoms with Crippen LogP contribution in [0.5, 0.6) is 5.75 Å². The first-order valence-electron chi connectivity index (χ1n) is 7.12. The van der Waals surface area contributed by atoms with Crippen molar-refractivity contribution in [1.29, 1.82) is 0 Å². The fourth-order valence-corrected chi connectivity index (χ4v) is 2.61. The molecule has 0 saturated heterocycles. The summed E-state index contributed by atoms with van der Waals surface area (Å²) in [6.45, 7) is 4.71. The highest BCUT2D eigenvalue weighted by atomic mass is 35.5. The second-order valence-corrected chi connectivity index (χ2v) is 5.77. The highest BCUT2D eigenvalue weighted by molar-refractivity contribution is 6.30. The van der Waals surface area contributed by atoms with Crippen LogP contribution in [0.15, 0.2) is 24.4 Å². The van der Waals surface area contributed by atoms with E-state index in [4.69, 9.17) is 16.3 Å². The van der Waals surface area contributed by atoms with Crippen LogP contribution in [-0.4, -0.2) is 16.6 Å². The van der Waals surface area contributed by atoms with E-state index in [0.29, 0.717) is 17.6 Å². The molecule has 0 aliphatic carbocycles. The summed E-state index contributed by atoms with van der Waals surface area (Å²) in [4.78, 5) is 8.86. The molecule has 5 heteroatoms. The smallest absolute Gasteiger partial charge is 0.223 e. The van der Waals surface area contributed by atoms with Crippen LogP contribution >= 0.6 is 11.6 Å².